The van der Waals surface area contributed by atoms with Gasteiger partial charge in [-0.25, -0.2) is 14.4 Å². The van der Waals surface area contributed by atoms with Crippen molar-refractivity contribution in [3.05, 3.63) is 76.3 Å². The minimum Gasteiger partial charge on any atom is -0.324 e. The van der Waals surface area contributed by atoms with Crippen LogP contribution >= 0.6 is 23.2 Å². The van der Waals surface area contributed by atoms with Crippen molar-refractivity contribution in [1.82, 2.24) is 9.97 Å². The maximum Gasteiger partial charge on any atom is 0.274 e. The Morgan fingerprint density at radius 3 is 2.48 bits per heavy atom. The molecule has 0 bridgehead atoms. The molecule has 2 N–H and O–H groups in total. The molecule has 0 radical (unpaired) electrons. The molecule has 0 aliphatic rings. The second-order valence-corrected chi connectivity index (χ2v) is 5.86. The fourth-order valence-corrected chi connectivity index (χ4v) is 2.58. The Balaban J connectivity index is 1.79. The molecule has 0 unspecified atom stereocenters. The Hall–Kier alpha value is -2.70. The van der Waals surface area contributed by atoms with Crippen molar-refractivity contribution in [3.63, 3.8) is 0 Å². The first-order chi connectivity index (χ1) is 12.0. The van der Waals surface area contributed by atoms with Crippen LogP contribution in [0.5, 0.6) is 0 Å². The zero-order valence-corrected chi connectivity index (χ0v) is 14.1. The number of anilines is 3. The lowest BCUT2D eigenvalue weighted by atomic mass is 10.3. The highest BCUT2D eigenvalue weighted by Crippen LogP contribution is 2.24. The van der Waals surface area contributed by atoms with Crippen molar-refractivity contribution < 1.29 is 9.18 Å². The van der Waals surface area contributed by atoms with Crippen LogP contribution in [0.1, 0.15) is 10.5 Å². The zero-order valence-electron chi connectivity index (χ0n) is 12.6. The molecule has 2 aromatic carbocycles. The summed E-state index contributed by atoms with van der Waals surface area (Å²) in [7, 11) is 0. The van der Waals surface area contributed by atoms with E-state index in [-0.39, 0.29) is 17.3 Å². The molecule has 3 aromatic rings. The van der Waals surface area contributed by atoms with Gasteiger partial charge in [0.25, 0.3) is 5.91 Å². The van der Waals surface area contributed by atoms with Crippen molar-refractivity contribution in [2.24, 2.45) is 0 Å². The van der Waals surface area contributed by atoms with Gasteiger partial charge >= 0.3 is 0 Å². The molecule has 0 fully saturated rings. The first-order valence-electron chi connectivity index (χ1n) is 7.13. The maximum atomic E-state index is 13.6. The van der Waals surface area contributed by atoms with Gasteiger partial charge < -0.3 is 10.6 Å². The highest BCUT2D eigenvalue weighted by atomic mass is 35.5. The van der Waals surface area contributed by atoms with Crippen LogP contribution in [0.15, 0.2) is 54.7 Å². The van der Waals surface area contributed by atoms with Crippen LogP contribution in [0, 0.1) is 5.82 Å². The summed E-state index contributed by atoms with van der Waals surface area (Å²) >= 11 is 11.9. The van der Waals surface area contributed by atoms with Gasteiger partial charge in [0.1, 0.15) is 11.5 Å². The van der Waals surface area contributed by atoms with Gasteiger partial charge in [0, 0.05) is 21.9 Å². The molecule has 25 heavy (non-hydrogen) atoms. The van der Waals surface area contributed by atoms with Crippen molar-refractivity contribution in [2.75, 3.05) is 10.6 Å². The van der Waals surface area contributed by atoms with Crippen molar-refractivity contribution >= 4 is 46.4 Å². The van der Waals surface area contributed by atoms with Crippen LogP contribution in [-0.4, -0.2) is 15.9 Å². The van der Waals surface area contributed by atoms with E-state index < -0.39 is 11.7 Å². The average molecular weight is 377 g/mol. The van der Waals surface area contributed by atoms with Crippen LogP contribution in [0.4, 0.5) is 21.7 Å². The molecule has 0 atom stereocenters. The van der Waals surface area contributed by atoms with Gasteiger partial charge in [0.05, 0.1) is 5.69 Å². The Morgan fingerprint density at radius 1 is 1.04 bits per heavy atom. The third kappa shape index (κ3) is 4.43. The lowest BCUT2D eigenvalue weighted by Gasteiger charge is -2.08. The standard InChI is InChI=1S/C17H11Cl2FN4O/c18-10-7-11(19)9-12(8-10)22-17-21-6-5-15(24-17)16(25)23-14-4-2-1-3-13(14)20/h1-9H,(H,23,25)(H,21,22,24). The molecule has 0 aliphatic carbocycles. The summed E-state index contributed by atoms with van der Waals surface area (Å²) in [5.41, 5.74) is 0.722. The van der Waals surface area contributed by atoms with Crippen molar-refractivity contribution in [3.8, 4) is 0 Å². The second-order valence-electron chi connectivity index (χ2n) is 4.98. The molecule has 5 nitrogen and oxygen atoms in total. The predicted octanol–water partition coefficient (Wildman–Crippen LogP) is 4.92. The highest BCUT2D eigenvalue weighted by Gasteiger charge is 2.11. The minimum atomic E-state index is -0.556. The number of nitrogens with one attached hydrogen (secondary N) is 2. The Morgan fingerprint density at radius 2 is 1.76 bits per heavy atom. The largest absolute Gasteiger partial charge is 0.324 e. The fraction of sp³-hybridized carbons (Fsp3) is 0. The summed E-state index contributed by atoms with van der Waals surface area (Å²) in [5.74, 6) is -0.906. The molecule has 8 heteroatoms. The number of carbonyl (C=O) groups excluding carboxylic acids is 1. The van der Waals surface area contributed by atoms with Gasteiger partial charge in [-0.05, 0) is 36.4 Å². The van der Waals surface area contributed by atoms with E-state index >= 15 is 0 Å². The summed E-state index contributed by atoms with van der Waals surface area (Å²) < 4.78 is 13.6. The van der Waals surface area contributed by atoms with Crippen LogP contribution in [0.25, 0.3) is 0 Å². The van der Waals surface area contributed by atoms with Gasteiger partial charge in [-0.15, -0.1) is 0 Å². The molecule has 0 aliphatic heterocycles. The predicted molar refractivity (Wildman–Crippen MR) is 96.1 cm³/mol. The minimum absolute atomic E-state index is 0.0715. The van der Waals surface area contributed by atoms with Gasteiger partial charge in [0.15, 0.2) is 0 Å². The highest BCUT2D eigenvalue weighted by molar-refractivity contribution is 6.35. The molecule has 0 saturated carbocycles. The summed E-state index contributed by atoms with van der Waals surface area (Å²) in [6.45, 7) is 0. The molecule has 1 heterocycles. The van der Waals surface area contributed by atoms with E-state index in [1.165, 1.54) is 30.5 Å². The number of carbonyl (C=O) groups is 1. The Labute approximate surface area is 152 Å². The van der Waals surface area contributed by atoms with E-state index in [1.54, 1.807) is 24.3 Å². The fourth-order valence-electron chi connectivity index (χ4n) is 2.05. The number of aromatic nitrogens is 2. The summed E-state index contributed by atoms with van der Waals surface area (Å²) in [4.78, 5) is 20.4. The zero-order chi connectivity index (χ0) is 17.8. The molecule has 1 amide bonds. The lowest BCUT2D eigenvalue weighted by Crippen LogP contribution is -2.15. The van der Waals surface area contributed by atoms with E-state index in [2.05, 4.69) is 20.6 Å². The lowest BCUT2D eigenvalue weighted by molar-refractivity contribution is 0.102. The Bertz CT molecular complexity index is 916. The SMILES string of the molecule is O=C(Nc1ccccc1F)c1ccnc(Nc2cc(Cl)cc(Cl)c2)n1. The number of para-hydroxylation sites is 1. The van der Waals surface area contributed by atoms with Crippen LogP contribution in [0.2, 0.25) is 10.0 Å². The molecular formula is C17H11Cl2FN4O. The number of hydrogen-bond acceptors (Lipinski definition) is 4. The topological polar surface area (TPSA) is 66.9 Å². The number of rotatable bonds is 4. The summed E-state index contributed by atoms with van der Waals surface area (Å²) in [6.07, 6.45) is 1.41. The number of halogens is 3. The third-order valence-electron chi connectivity index (χ3n) is 3.13. The van der Waals surface area contributed by atoms with Gasteiger partial charge in [-0.3, -0.25) is 4.79 Å². The normalized spacial score (nSPS) is 10.4. The number of hydrogen-bond donors (Lipinski definition) is 2. The van der Waals surface area contributed by atoms with Gasteiger partial charge in [-0.1, -0.05) is 35.3 Å². The number of nitrogens with zero attached hydrogens (tertiary/aromatic N) is 2. The molecule has 0 saturated heterocycles. The van der Waals surface area contributed by atoms with E-state index in [4.69, 9.17) is 23.2 Å². The molecule has 3 rings (SSSR count). The van der Waals surface area contributed by atoms with Gasteiger partial charge in [0.2, 0.25) is 5.95 Å². The number of benzene rings is 2. The van der Waals surface area contributed by atoms with Crippen LogP contribution in [0.3, 0.4) is 0 Å². The smallest absolute Gasteiger partial charge is 0.274 e. The van der Waals surface area contributed by atoms with Crippen LogP contribution in [-0.2, 0) is 0 Å². The maximum absolute atomic E-state index is 13.6. The summed E-state index contributed by atoms with van der Waals surface area (Å²) in [6, 6.07) is 12.2. The van der Waals surface area contributed by atoms with Crippen molar-refractivity contribution in [1.29, 1.82) is 0 Å². The first-order valence-corrected chi connectivity index (χ1v) is 7.89. The molecule has 0 spiro atoms. The van der Waals surface area contributed by atoms with Gasteiger partial charge in [-0.2, -0.15) is 0 Å². The molecule has 1 aromatic heterocycles. The number of amides is 1. The first kappa shape index (κ1) is 17.1. The van der Waals surface area contributed by atoms with E-state index in [0.717, 1.165) is 0 Å². The third-order valence-corrected chi connectivity index (χ3v) is 3.57. The Kier molecular flexibility index (Phi) is 5.11. The second kappa shape index (κ2) is 7.46. The quantitative estimate of drug-likeness (QED) is 0.678. The van der Waals surface area contributed by atoms with E-state index in [9.17, 15) is 9.18 Å². The van der Waals surface area contributed by atoms with E-state index in [0.29, 0.717) is 15.7 Å². The summed E-state index contributed by atoms with van der Waals surface area (Å²) in [5, 5.41) is 6.27. The van der Waals surface area contributed by atoms with E-state index in [1.807, 2.05) is 0 Å². The monoisotopic (exact) mass is 376 g/mol. The average Bonchev–Trinajstić information content (AvgIpc) is 2.56. The van der Waals surface area contributed by atoms with Crippen LogP contribution < -0.4 is 10.6 Å². The molecule has 126 valence electrons. The van der Waals surface area contributed by atoms with Crippen molar-refractivity contribution in [2.45, 2.75) is 0 Å². The molecular weight excluding hydrogens is 366 g/mol.